The van der Waals surface area contributed by atoms with Crippen LogP contribution in [0.3, 0.4) is 0 Å². The van der Waals surface area contributed by atoms with E-state index in [0.29, 0.717) is 6.54 Å². The summed E-state index contributed by atoms with van der Waals surface area (Å²) in [5.41, 5.74) is 5.50. The van der Waals surface area contributed by atoms with E-state index in [4.69, 9.17) is 10.5 Å². The molecular formula is C11H21N5O. The first-order chi connectivity index (χ1) is 8.27. The van der Waals surface area contributed by atoms with E-state index in [0.717, 1.165) is 37.8 Å². The van der Waals surface area contributed by atoms with E-state index < -0.39 is 0 Å². The molecule has 0 unspecified atom stereocenters. The number of rotatable bonds is 8. The van der Waals surface area contributed by atoms with Crippen molar-refractivity contribution in [2.75, 3.05) is 50.6 Å². The average molecular weight is 239 g/mol. The maximum absolute atomic E-state index is 5.50. The molecule has 0 spiro atoms. The van der Waals surface area contributed by atoms with Crippen LogP contribution in [0.5, 0.6) is 0 Å². The fourth-order valence-electron chi connectivity index (χ4n) is 1.39. The fourth-order valence-corrected chi connectivity index (χ4v) is 1.39. The molecule has 0 saturated carbocycles. The van der Waals surface area contributed by atoms with Crippen LogP contribution in [0.1, 0.15) is 6.42 Å². The third-order valence-corrected chi connectivity index (χ3v) is 2.34. The van der Waals surface area contributed by atoms with E-state index in [-0.39, 0.29) is 0 Å². The minimum absolute atomic E-state index is 0.608. The molecule has 1 heterocycles. The van der Waals surface area contributed by atoms with E-state index in [1.807, 2.05) is 18.0 Å². The van der Waals surface area contributed by atoms with Crippen LogP contribution < -0.4 is 16.0 Å². The summed E-state index contributed by atoms with van der Waals surface area (Å²) in [6.07, 6.45) is 2.51. The summed E-state index contributed by atoms with van der Waals surface area (Å²) in [4.78, 5) is 10.4. The normalized spacial score (nSPS) is 10.3. The number of methoxy groups -OCH3 is 1. The zero-order chi connectivity index (χ0) is 12.5. The maximum atomic E-state index is 5.50. The van der Waals surface area contributed by atoms with Gasteiger partial charge in [0.1, 0.15) is 18.0 Å². The van der Waals surface area contributed by atoms with E-state index in [2.05, 4.69) is 15.3 Å². The SMILES string of the molecule is COCCCNc1cc(N(C)CCN)ncn1. The molecule has 1 rings (SSSR count). The molecule has 6 nitrogen and oxygen atoms in total. The van der Waals surface area contributed by atoms with Crippen molar-refractivity contribution in [2.45, 2.75) is 6.42 Å². The number of hydrogen-bond donors (Lipinski definition) is 2. The van der Waals surface area contributed by atoms with Gasteiger partial charge in [-0.1, -0.05) is 0 Å². The molecule has 0 aromatic carbocycles. The number of nitrogens with one attached hydrogen (secondary N) is 1. The Morgan fingerprint density at radius 1 is 1.47 bits per heavy atom. The summed E-state index contributed by atoms with van der Waals surface area (Å²) in [7, 11) is 3.66. The van der Waals surface area contributed by atoms with E-state index in [1.54, 1.807) is 13.4 Å². The van der Waals surface area contributed by atoms with E-state index in [1.165, 1.54) is 0 Å². The number of hydrogen-bond acceptors (Lipinski definition) is 6. The molecule has 6 heteroatoms. The van der Waals surface area contributed by atoms with Crippen LogP contribution in [0.15, 0.2) is 12.4 Å². The largest absolute Gasteiger partial charge is 0.385 e. The predicted octanol–water partition coefficient (Wildman–Crippen LogP) is 0.320. The van der Waals surface area contributed by atoms with Gasteiger partial charge in [0.2, 0.25) is 0 Å². The lowest BCUT2D eigenvalue weighted by Crippen LogP contribution is -2.25. The van der Waals surface area contributed by atoms with Gasteiger partial charge in [-0.15, -0.1) is 0 Å². The Kier molecular flexibility index (Phi) is 6.27. The quantitative estimate of drug-likeness (QED) is 0.636. The van der Waals surface area contributed by atoms with Crippen molar-refractivity contribution in [3.8, 4) is 0 Å². The van der Waals surface area contributed by atoms with Gasteiger partial charge in [-0.2, -0.15) is 0 Å². The van der Waals surface area contributed by atoms with Crippen molar-refractivity contribution < 1.29 is 4.74 Å². The van der Waals surface area contributed by atoms with Crippen molar-refractivity contribution in [3.63, 3.8) is 0 Å². The molecule has 0 atom stereocenters. The molecule has 17 heavy (non-hydrogen) atoms. The molecule has 0 aliphatic heterocycles. The number of likely N-dealkylation sites (N-methyl/N-ethyl adjacent to an activating group) is 1. The second-order valence-corrected chi connectivity index (χ2v) is 3.74. The predicted molar refractivity (Wildman–Crippen MR) is 69.3 cm³/mol. The minimum atomic E-state index is 0.608. The Balaban J connectivity index is 2.47. The van der Waals surface area contributed by atoms with E-state index in [9.17, 15) is 0 Å². The monoisotopic (exact) mass is 239 g/mol. The molecule has 1 aromatic rings. The fraction of sp³-hybridized carbons (Fsp3) is 0.636. The molecule has 3 N–H and O–H groups in total. The molecule has 0 fully saturated rings. The summed E-state index contributed by atoms with van der Waals surface area (Å²) < 4.78 is 4.98. The van der Waals surface area contributed by atoms with Gasteiger partial charge in [-0.05, 0) is 6.42 Å². The second-order valence-electron chi connectivity index (χ2n) is 3.74. The van der Waals surface area contributed by atoms with Crippen molar-refractivity contribution in [3.05, 3.63) is 12.4 Å². The van der Waals surface area contributed by atoms with Gasteiger partial charge in [-0.25, -0.2) is 9.97 Å². The summed E-state index contributed by atoms with van der Waals surface area (Å²) in [5, 5.41) is 3.23. The first-order valence-electron chi connectivity index (χ1n) is 5.74. The van der Waals surface area contributed by atoms with Gasteiger partial charge in [0.05, 0.1) is 0 Å². The van der Waals surface area contributed by atoms with Crippen LogP contribution in [0.25, 0.3) is 0 Å². The molecule has 0 saturated heterocycles. The summed E-state index contributed by atoms with van der Waals surface area (Å²) in [6.45, 7) is 2.97. The lowest BCUT2D eigenvalue weighted by atomic mass is 10.4. The number of ether oxygens (including phenoxy) is 1. The van der Waals surface area contributed by atoms with E-state index >= 15 is 0 Å². The maximum Gasteiger partial charge on any atom is 0.133 e. The van der Waals surface area contributed by atoms with Crippen molar-refractivity contribution in [1.29, 1.82) is 0 Å². The number of aromatic nitrogens is 2. The zero-order valence-electron chi connectivity index (χ0n) is 10.5. The molecular weight excluding hydrogens is 218 g/mol. The van der Waals surface area contributed by atoms with Crippen LogP contribution in [-0.2, 0) is 4.74 Å². The highest BCUT2D eigenvalue weighted by atomic mass is 16.5. The summed E-state index contributed by atoms with van der Waals surface area (Å²) in [6, 6.07) is 1.92. The molecule has 0 bridgehead atoms. The van der Waals surface area contributed by atoms with Gasteiger partial charge >= 0.3 is 0 Å². The zero-order valence-corrected chi connectivity index (χ0v) is 10.5. The van der Waals surface area contributed by atoms with Crippen molar-refractivity contribution in [1.82, 2.24) is 9.97 Å². The minimum Gasteiger partial charge on any atom is -0.385 e. The molecule has 0 aliphatic rings. The van der Waals surface area contributed by atoms with Crippen LogP contribution in [0.4, 0.5) is 11.6 Å². The highest BCUT2D eigenvalue weighted by Gasteiger charge is 2.02. The lowest BCUT2D eigenvalue weighted by molar-refractivity contribution is 0.198. The van der Waals surface area contributed by atoms with Gasteiger partial charge < -0.3 is 20.7 Å². The van der Waals surface area contributed by atoms with Crippen molar-refractivity contribution >= 4 is 11.6 Å². The Hall–Kier alpha value is -1.40. The lowest BCUT2D eigenvalue weighted by Gasteiger charge is -2.17. The Morgan fingerprint density at radius 3 is 3.00 bits per heavy atom. The van der Waals surface area contributed by atoms with Gasteiger partial charge in [-0.3, -0.25) is 0 Å². The third kappa shape index (κ3) is 4.97. The molecule has 96 valence electrons. The number of anilines is 2. The van der Waals surface area contributed by atoms with Crippen LogP contribution in [-0.4, -0.2) is 50.4 Å². The highest BCUT2D eigenvalue weighted by molar-refractivity contribution is 5.47. The van der Waals surface area contributed by atoms with Gasteiger partial charge in [0.15, 0.2) is 0 Å². The summed E-state index contributed by atoms with van der Waals surface area (Å²) >= 11 is 0. The number of nitrogens with zero attached hydrogens (tertiary/aromatic N) is 3. The molecule has 0 amide bonds. The molecule has 0 radical (unpaired) electrons. The topological polar surface area (TPSA) is 76.3 Å². The standard InChI is InChI=1S/C11H21N5O/c1-16(6-4-12)11-8-10(14-9-15-11)13-5-3-7-17-2/h8-9H,3-7,12H2,1-2H3,(H,13,14,15). The Labute approximate surface area is 102 Å². The van der Waals surface area contributed by atoms with Gasteiger partial charge in [0.25, 0.3) is 0 Å². The summed E-state index contributed by atoms with van der Waals surface area (Å²) in [5.74, 6) is 1.70. The smallest absolute Gasteiger partial charge is 0.133 e. The van der Waals surface area contributed by atoms with Gasteiger partial charge in [0, 0.05) is 46.5 Å². The van der Waals surface area contributed by atoms with Crippen LogP contribution >= 0.6 is 0 Å². The van der Waals surface area contributed by atoms with Crippen LogP contribution in [0.2, 0.25) is 0 Å². The first kappa shape index (κ1) is 13.7. The number of nitrogens with two attached hydrogens (primary N) is 1. The third-order valence-electron chi connectivity index (χ3n) is 2.34. The molecule has 0 aliphatic carbocycles. The Bertz CT molecular complexity index is 320. The molecule has 1 aromatic heterocycles. The highest BCUT2D eigenvalue weighted by Crippen LogP contribution is 2.11. The Morgan fingerprint density at radius 2 is 2.29 bits per heavy atom. The average Bonchev–Trinajstić information content (AvgIpc) is 2.35. The van der Waals surface area contributed by atoms with Crippen LogP contribution in [0, 0.1) is 0 Å². The first-order valence-corrected chi connectivity index (χ1v) is 5.74. The van der Waals surface area contributed by atoms with Crippen molar-refractivity contribution in [2.24, 2.45) is 5.73 Å². The second kappa shape index (κ2) is 7.81.